The Hall–Kier alpha value is -1.89. The van der Waals surface area contributed by atoms with Crippen LogP contribution in [0.2, 0.25) is 0 Å². The van der Waals surface area contributed by atoms with Gasteiger partial charge in [0.25, 0.3) is 0 Å². The van der Waals surface area contributed by atoms with Crippen LogP contribution < -0.4 is 0 Å². The topological polar surface area (TPSA) is 107 Å². The second-order valence-electron chi connectivity index (χ2n) is 17.0. The Bertz CT molecular complexity index is 1350. The minimum absolute atomic E-state index is 0.00000682. The summed E-state index contributed by atoms with van der Waals surface area (Å²) in [6, 6.07) is 3.21. The number of carbonyl (C=O) groups is 1. The van der Waals surface area contributed by atoms with Crippen LogP contribution in [0.1, 0.15) is 135 Å². The third kappa shape index (κ3) is 4.47. The lowest BCUT2D eigenvalue weighted by atomic mass is 9.36. The van der Waals surface area contributed by atoms with Gasteiger partial charge in [0.1, 0.15) is 5.75 Å². The summed E-state index contributed by atoms with van der Waals surface area (Å²) in [5, 5.41) is 42.9. The molecule has 4 aliphatic carbocycles. The van der Waals surface area contributed by atoms with Gasteiger partial charge in [0.05, 0.1) is 17.8 Å². The highest BCUT2D eigenvalue weighted by Gasteiger charge is 2.68. The number of hydrogen-bond donors (Lipinski definition) is 4. The average molecular weight is 609 g/mol. The van der Waals surface area contributed by atoms with E-state index in [0.29, 0.717) is 17.4 Å². The molecular formula is C38H56O6. The minimum Gasteiger partial charge on any atom is -0.508 e. The number of aliphatic carboxylic acids is 1. The van der Waals surface area contributed by atoms with Crippen molar-refractivity contribution in [3.05, 3.63) is 40.5 Å². The number of carboxylic acid groups (broad SMARTS) is 1. The molecule has 0 aromatic heterocycles. The van der Waals surface area contributed by atoms with Crippen molar-refractivity contribution in [3.8, 4) is 5.75 Å². The Morgan fingerprint density at radius 1 is 0.932 bits per heavy atom. The molecular weight excluding hydrogens is 552 g/mol. The van der Waals surface area contributed by atoms with Crippen molar-refractivity contribution in [1.82, 2.24) is 0 Å². The Morgan fingerprint density at radius 3 is 2.23 bits per heavy atom. The van der Waals surface area contributed by atoms with Crippen molar-refractivity contribution in [3.63, 3.8) is 0 Å². The van der Waals surface area contributed by atoms with Gasteiger partial charge >= 0.3 is 5.97 Å². The Balaban J connectivity index is 1.32. The maximum Gasteiger partial charge on any atom is 0.337 e. The molecule has 6 rings (SSSR count). The number of aromatic hydroxyl groups is 1. The van der Waals surface area contributed by atoms with Gasteiger partial charge in [-0.3, -0.25) is 0 Å². The number of phenols is 1. The van der Waals surface area contributed by atoms with E-state index in [4.69, 9.17) is 4.74 Å². The van der Waals surface area contributed by atoms with E-state index in [0.717, 1.165) is 81.8 Å². The zero-order valence-electron chi connectivity index (χ0n) is 28.1. The number of carboxylic acids is 1. The molecule has 4 N–H and O–H groups in total. The third-order valence-corrected chi connectivity index (χ3v) is 14.4. The molecule has 0 unspecified atom stereocenters. The minimum atomic E-state index is -1.59. The average Bonchev–Trinajstić information content (AvgIpc) is 3.23. The predicted octanol–water partition coefficient (Wildman–Crippen LogP) is 7.62. The first-order chi connectivity index (χ1) is 20.5. The number of rotatable bonds is 5. The Kier molecular flexibility index (Phi) is 7.70. The number of phenolic OH excluding ortho intramolecular Hbond substituents is 1. The molecule has 1 saturated heterocycles. The first-order valence-corrected chi connectivity index (χ1v) is 17.3. The highest BCUT2D eigenvalue weighted by atomic mass is 16.5. The molecule has 1 aromatic carbocycles. The Morgan fingerprint density at radius 2 is 1.55 bits per heavy atom. The molecule has 4 fully saturated rings. The molecule has 6 heteroatoms. The molecule has 1 aliphatic heterocycles. The van der Waals surface area contributed by atoms with E-state index in [1.165, 1.54) is 5.57 Å². The van der Waals surface area contributed by atoms with Gasteiger partial charge in [-0.05, 0) is 154 Å². The smallest absolute Gasteiger partial charge is 0.337 e. The maximum absolute atomic E-state index is 11.9. The number of hydrogen-bond acceptors (Lipinski definition) is 5. The van der Waals surface area contributed by atoms with Gasteiger partial charge in [0.15, 0.2) is 6.10 Å². The lowest BCUT2D eigenvalue weighted by Crippen LogP contribution is -2.64. The van der Waals surface area contributed by atoms with Crippen LogP contribution in [0.3, 0.4) is 0 Å². The van der Waals surface area contributed by atoms with E-state index in [1.807, 2.05) is 0 Å². The highest BCUT2D eigenvalue weighted by Crippen LogP contribution is 2.74. The van der Waals surface area contributed by atoms with E-state index in [9.17, 15) is 25.2 Å². The molecule has 0 spiro atoms. The molecule has 0 amide bonds. The van der Waals surface area contributed by atoms with Gasteiger partial charge in [-0.15, -0.1) is 0 Å². The molecule has 5 aliphatic rings. The van der Waals surface area contributed by atoms with E-state index in [1.54, 1.807) is 12.1 Å². The molecule has 244 valence electrons. The summed E-state index contributed by atoms with van der Waals surface area (Å²) in [5.41, 5.74) is 2.83. The summed E-state index contributed by atoms with van der Waals surface area (Å²) in [4.78, 5) is 11.9. The van der Waals surface area contributed by atoms with Crippen molar-refractivity contribution in [2.75, 3.05) is 0 Å². The predicted molar refractivity (Wildman–Crippen MR) is 171 cm³/mol. The number of aliphatic hydroxyl groups is 2. The van der Waals surface area contributed by atoms with Crippen LogP contribution in [0, 0.1) is 34.0 Å². The fourth-order valence-electron chi connectivity index (χ4n) is 12.2. The van der Waals surface area contributed by atoms with Crippen LogP contribution in [0.4, 0.5) is 0 Å². The van der Waals surface area contributed by atoms with Crippen LogP contribution in [-0.4, -0.2) is 44.2 Å². The normalized spacial score (nSPS) is 45.1. The van der Waals surface area contributed by atoms with Gasteiger partial charge < -0.3 is 25.2 Å². The maximum atomic E-state index is 11.9. The molecule has 0 bridgehead atoms. The van der Waals surface area contributed by atoms with Gasteiger partial charge in [-0.1, -0.05) is 45.4 Å². The molecule has 6 nitrogen and oxygen atoms in total. The largest absolute Gasteiger partial charge is 0.508 e. The van der Waals surface area contributed by atoms with E-state index in [-0.39, 0.29) is 39.4 Å². The van der Waals surface area contributed by atoms with Crippen LogP contribution >= 0.6 is 0 Å². The number of benzene rings is 1. The van der Waals surface area contributed by atoms with E-state index < -0.39 is 23.8 Å². The summed E-state index contributed by atoms with van der Waals surface area (Å²) in [5.74, 6) is 0.264. The number of allylic oxidation sites excluding steroid dienone is 2. The quantitative estimate of drug-likeness (QED) is 0.256. The summed E-state index contributed by atoms with van der Waals surface area (Å²) in [6.45, 7) is 16.2. The third-order valence-electron chi connectivity index (χ3n) is 14.4. The summed E-state index contributed by atoms with van der Waals surface area (Å²) < 4.78 is 7.07. The van der Waals surface area contributed by atoms with Crippen LogP contribution in [0.5, 0.6) is 5.75 Å². The number of ether oxygens (including phenoxy) is 1. The van der Waals surface area contributed by atoms with Gasteiger partial charge in [0.2, 0.25) is 0 Å². The lowest BCUT2D eigenvalue weighted by molar-refractivity contribution is -0.236. The molecule has 11 atom stereocenters. The highest BCUT2D eigenvalue weighted by molar-refractivity contribution is 5.76. The van der Waals surface area contributed by atoms with Crippen LogP contribution in [0.25, 0.3) is 0 Å². The molecule has 1 aromatic rings. The number of fused-ring (bicyclic) bond motifs is 9. The van der Waals surface area contributed by atoms with Gasteiger partial charge in [0, 0.05) is 0 Å². The second-order valence-corrected chi connectivity index (χ2v) is 17.0. The number of aliphatic hydroxyl groups excluding tert-OH is 2. The fourth-order valence-corrected chi connectivity index (χ4v) is 12.2. The first-order valence-electron chi connectivity index (χ1n) is 17.3. The van der Waals surface area contributed by atoms with Crippen molar-refractivity contribution in [2.24, 2.45) is 34.0 Å². The van der Waals surface area contributed by atoms with Crippen molar-refractivity contribution in [2.45, 2.75) is 148 Å². The zero-order chi connectivity index (χ0) is 32.0. The zero-order valence-corrected chi connectivity index (χ0v) is 28.1. The summed E-state index contributed by atoms with van der Waals surface area (Å²) in [7, 11) is 0. The standard InChI is InChI=1S/C38H56O6/c1-22(2)9-8-16-38(7)29(40)14-19-36(5)27-12-17-35(4)26(34(27,3)20-15-30(36)44-38)13-18-37(6)28(35)21-24-25(39)11-10-23(31(24)37)32(41)33(42)43/h9-11,26-30,32,39-41H,8,12-21H2,1-7H3,(H,42,43)/t26-,27-,28-,29+,30+,32+,34-,35-,36+,37-,38-/m0/s1. The van der Waals surface area contributed by atoms with Gasteiger partial charge in [-0.25, -0.2) is 4.79 Å². The van der Waals surface area contributed by atoms with E-state index >= 15 is 0 Å². The summed E-state index contributed by atoms with van der Waals surface area (Å²) in [6.07, 6.45) is 10.9. The monoisotopic (exact) mass is 608 g/mol. The van der Waals surface area contributed by atoms with Crippen LogP contribution in [0.15, 0.2) is 23.8 Å². The lowest BCUT2D eigenvalue weighted by Gasteiger charge is -2.69. The molecule has 3 saturated carbocycles. The molecule has 1 heterocycles. The molecule has 44 heavy (non-hydrogen) atoms. The first kappa shape index (κ1) is 32.1. The SMILES string of the molecule is CC(C)=CCC[C@]1(C)O[C@@H]2CC[C@@]3(C)[C@@H]4CC[C@]5(C)c6c([C@@H](O)C(=O)O)ccc(O)c6C[C@H]5[C@@]4(C)CC[C@@H]3[C@@]2(C)CC[C@H]1O. The van der Waals surface area contributed by atoms with Crippen LogP contribution in [-0.2, 0) is 21.4 Å². The fraction of sp³-hybridized carbons (Fsp3) is 0.763. The second kappa shape index (κ2) is 10.6. The summed E-state index contributed by atoms with van der Waals surface area (Å²) >= 11 is 0. The van der Waals surface area contributed by atoms with Gasteiger partial charge in [-0.2, -0.15) is 0 Å². The van der Waals surface area contributed by atoms with Crippen molar-refractivity contribution in [1.29, 1.82) is 0 Å². The van der Waals surface area contributed by atoms with Crippen molar-refractivity contribution < 1.29 is 30.0 Å². The molecule has 0 radical (unpaired) electrons. The van der Waals surface area contributed by atoms with E-state index in [2.05, 4.69) is 54.5 Å². The van der Waals surface area contributed by atoms with Crippen molar-refractivity contribution >= 4 is 5.97 Å². The Labute approximate surface area is 264 Å².